The molecule has 0 radical (unpaired) electrons. The average Bonchev–Trinajstić information content (AvgIpc) is 3.87. The topological polar surface area (TPSA) is 284 Å². The number of aliphatic carboxylic acids is 2. The SMILES string of the molecule is Cc1cc2c(C(C)C)c(O)c(O)c(C=N[C@@H](Cc3cnc[nH]3)C(=O)[O-])c2c(O)c1-c1c(C)cc2c(C(C)C)c(O)c(O)c(C=N[C@@H](Cc3cnc[nH]3)C(=O)[O-])c2c1O.[Na+].[Na+]. The number of phenols is 6. The number of aromatic amines is 2. The van der Waals surface area contributed by atoms with E-state index in [-0.39, 0.29) is 128 Å². The van der Waals surface area contributed by atoms with Gasteiger partial charge >= 0.3 is 59.1 Å². The maximum Gasteiger partial charge on any atom is 1.00 e. The van der Waals surface area contributed by atoms with Crippen molar-refractivity contribution in [1.29, 1.82) is 0 Å². The number of carboxylic acid groups (broad SMARTS) is 2. The molecule has 0 saturated heterocycles. The molecule has 0 saturated carbocycles. The number of fused-ring (bicyclic) bond motifs is 2. The smallest absolute Gasteiger partial charge is 0.548 e. The summed E-state index contributed by atoms with van der Waals surface area (Å²) in [6, 6.07) is 0.374. The Morgan fingerprint density at radius 1 is 0.633 bits per heavy atom. The third-order valence-electron chi connectivity index (χ3n) is 10.2. The Morgan fingerprint density at radius 3 is 1.27 bits per heavy atom. The van der Waals surface area contributed by atoms with Crippen molar-refractivity contribution in [2.45, 2.75) is 78.3 Å². The maximum absolute atomic E-state index is 12.4. The van der Waals surface area contributed by atoms with Crippen LogP contribution in [0.5, 0.6) is 34.5 Å². The number of aromatic nitrogens is 4. The second-order valence-electron chi connectivity index (χ2n) is 14.8. The predicted molar refractivity (Wildman–Crippen MR) is 212 cm³/mol. The van der Waals surface area contributed by atoms with Gasteiger partial charge in [-0.05, 0) is 47.6 Å². The van der Waals surface area contributed by atoms with Gasteiger partial charge in [0.25, 0.3) is 0 Å². The van der Waals surface area contributed by atoms with Gasteiger partial charge in [0.1, 0.15) is 11.5 Å². The molecule has 8 N–H and O–H groups in total. The summed E-state index contributed by atoms with van der Waals surface area (Å²) in [7, 11) is 0. The van der Waals surface area contributed by atoms with E-state index in [1.165, 1.54) is 25.0 Å². The van der Waals surface area contributed by atoms with E-state index in [0.29, 0.717) is 33.3 Å². The first-order valence-corrected chi connectivity index (χ1v) is 18.3. The van der Waals surface area contributed by atoms with Gasteiger partial charge in [-0.2, -0.15) is 0 Å². The summed E-state index contributed by atoms with van der Waals surface area (Å²) in [5.41, 5.74) is 1.97. The normalized spacial score (nSPS) is 12.7. The number of carbonyl (C=O) groups excluding carboxylic acids is 2. The van der Waals surface area contributed by atoms with Crippen LogP contribution in [0, 0.1) is 13.8 Å². The molecule has 2 heterocycles. The van der Waals surface area contributed by atoms with Crippen LogP contribution in [0.3, 0.4) is 0 Å². The van der Waals surface area contributed by atoms with Gasteiger partial charge in [-0.25, -0.2) is 9.97 Å². The molecule has 2 atom stereocenters. The number of hydrogen-bond acceptors (Lipinski definition) is 14. The molecule has 2 aromatic heterocycles. The Balaban J connectivity index is 0.00000397. The van der Waals surface area contributed by atoms with Gasteiger partial charge < -0.3 is 60.4 Å². The number of rotatable bonds is 13. The molecule has 16 nitrogen and oxygen atoms in total. The summed E-state index contributed by atoms with van der Waals surface area (Å²) < 4.78 is 0. The molecule has 6 rings (SSSR count). The summed E-state index contributed by atoms with van der Waals surface area (Å²) in [6.45, 7) is 10.4. The molecule has 0 fully saturated rings. The van der Waals surface area contributed by atoms with Crippen LogP contribution in [0.2, 0.25) is 0 Å². The minimum absolute atomic E-state index is 0. The zero-order valence-electron chi connectivity index (χ0n) is 34.4. The second-order valence-corrected chi connectivity index (χ2v) is 14.8. The van der Waals surface area contributed by atoms with Gasteiger partial charge in [-0.15, -0.1) is 0 Å². The fourth-order valence-corrected chi connectivity index (χ4v) is 7.56. The number of aromatic hydroxyl groups is 6. The van der Waals surface area contributed by atoms with Crippen LogP contribution in [-0.2, 0) is 22.4 Å². The first kappa shape index (κ1) is 47.6. The van der Waals surface area contributed by atoms with Crippen molar-refractivity contribution in [3.05, 3.63) is 81.9 Å². The van der Waals surface area contributed by atoms with E-state index in [2.05, 4.69) is 29.9 Å². The summed E-state index contributed by atoms with van der Waals surface area (Å²) in [5, 5.41) is 95.0. The fourth-order valence-electron chi connectivity index (χ4n) is 7.56. The van der Waals surface area contributed by atoms with Crippen LogP contribution in [-0.4, -0.2) is 87.0 Å². The van der Waals surface area contributed by atoms with E-state index in [1.807, 2.05) is 0 Å². The van der Waals surface area contributed by atoms with Gasteiger partial charge in [0.05, 0.1) is 36.7 Å². The van der Waals surface area contributed by atoms with Crippen molar-refractivity contribution in [2.24, 2.45) is 9.98 Å². The number of H-pyrrole nitrogens is 2. The molecule has 0 unspecified atom stereocenters. The third kappa shape index (κ3) is 8.85. The Morgan fingerprint density at radius 2 is 0.983 bits per heavy atom. The molecule has 0 aliphatic heterocycles. The molecule has 302 valence electrons. The first-order chi connectivity index (χ1) is 27.4. The van der Waals surface area contributed by atoms with Crippen molar-refractivity contribution >= 4 is 45.9 Å². The molecule has 60 heavy (non-hydrogen) atoms. The standard InChI is InChI=1S/C42H44N6O10.2Na/c1-17(2)29-23-7-19(5)31(37(51)33(23)25(35(49)39(29)53)13-45-27(41(55)56)9-21-11-43-15-47-21)32-20(6)8-24-30(18(3)4)40(54)36(50)26(34(24)38(32)52)14-46-28(42(57)58)10-22-12-44-16-48-22;;/h7-8,11-18,27-28,49-54H,9-10H2,1-6H3,(H,43,47)(H,44,48)(H,55,56)(H,57,58);;/q;2*+1/p-2/t27-,28-;;/m0../s1. The summed E-state index contributed by atoms with van der Waals surface area (Å²) in [6.07, 6.45) is 7.36. The largest absolute Gasteiger partial charge is 1.00 e. The van der Waals surface area contributed by atoms with Crippen molar-refractivity contribution in [2.75, 3.05) is 0 Å². The zero-order valence-corrected chi connectivity index (χ0v) is 38.4. The van der Waals surface area contributed by atoms with Gasteiger partial charge in [-0.1, -0.05) is 39.8 Å². The van der Waals surface area contributed by atoms with E-state index in [9.17, 15) is 50.4 Å². The quantitative estimate of drug-likeness (QED) is 0.0349. The van der Waals surface area contributed by atoms with Crippen molar-refractivity contribution in [1.82, 2.24) is 19.9 Å². The molecule has 0 aliphatic carbocycles. The average molecular weight is 837 g/mol. The van der Waals surface area contributed by atoms with E-state index < -0.39 is 58.5 Å². The number of hydrogen-bond donors (Lipinski definition) is 8. The number of phenolic OH excluding ortho intramolecular Hbond substituents is 6. The molecule has 0 spiro atoms. The Hall–Kier alpha value is -5.10. The van der Waals surface area contributed by atoms with Gasteiger partial charge in [-0.3, -0.25) is 9.98 Å². The number of nitrogens with one attached hydrogen (secondary N) is 2. The van der Waals surface area contributed by atoms with Crippen LogP contribution in [0.15, 0.2) is 47.2 Å². The Kier molecular flexibility index (Phi) is 15.1. The molecule has 18 heteroatoms. The molecule has 0 amide bonds. The van der Waals surface area contributed by atoms with Crippen LogP contribution in [0.4, 0.5) is 0 Å². The van der Waals surface area contributed by atoms with E-state index >= 15 is 0 Å². The minimum Gasteiger partial charge on any atom is -0.548 e. The number of benzene rings is 4. The molecular formula is C42H42N6Na2O10. The Labute approximate surface area is 388 Å². The summed E-state index contributed by atoms with van der Waals surface area (Å²) >= 11 is 0. The van der Waals surface area contributed by atoms with Crippen LogP contribution in [0.1, 0.15) is 84.3 Å². The maximum atomic E-state index is 12.4. The van der Waals surface area contributed by atoms with Gasteiger partial charge in [0.15, 0.2) is 23.0 Å². The van der Waals surface area contributed by atoms with E-state index in [0.717, 1.165) is 12.4 Å². The monoisotopic (exact) mass is 836 g/mol. The van der Waals surface area contributed by atoms with E-state index in [4.69, 9.17) is 0 Å². The summed E-state index contributed by atoms with van der Waals surface area (Å²) in [5.74, 6) is -7.13. The van der Waals surface area contributed by atoms with Crippen LogP contribution < -0.4 is 69.3 Å². The second kappa shape index (κ2) is 19.1. The van der Waals surface area contributed by atoms with Gasteiger partial charge in [0, 0.05) is 93.2 Å². The molecule has 0 bridgehead atoms. The van der Waals surface area contributed by atoms with Crippen molar-refractivity contribution in [3.8, 4) is 45.6 Å². The number of aliphatic imine (C=N–C) groups is 2. The first-order valence-electron chi connectivity index (χ1n) is 18.3. The number of carbonyl (C=O) groups is 2. The number of imidazole rings is 2. The third-order valence-corrected chi connectivity index (χ3v) is 10.2. The van der Waals surface area contributed by atoms with Crippen molar-refractivity contribution in [3.63, 3.8) is 0 Å². The number of nitrogens with zero attached hydrogens (tertiary/aromatic N) is 4. The molecular weight excluding hydrogens is 794 g/mol. The van der Waals surface area contributed by atoms with Crippen molar-refractivity contribution < 1.29 is 110 Å². The van der Waals surface area contributed by atoms with E-state index in [1.54, 1.807) is 53.7 Å². The Bertz CT molecular complexity index is 2460. The molecule has 6 aromatic rings. The molecule has 4 aromatic carbocycles. The zero-order chi connectivity index (χ0) is 42.3. The van der Waals surface area contributed by atoms with Gasteiger partial charge in [0.2, 0.25) is 0 Å². The summed E-state index contributed by atoms with van der Waals surface area (Å²) in [4.78, 5) is 46.0. The minimum atomic E-state index is -1.53. The molecule has 0 aliphatic rings. The fraction of sp³-hybridized carbons (Fsp3) is 0.286. The number of carboxylic acids is 2. The predicted octanol–water partition coefficient (Wildman–Crippen LogP) is -2.23. The van der Waals surface area contributed by atoms with Crippen LogP contribution >= 0.6 is 0 Å². The number of aryl methyl sites for hydroxylation is 2. The van der Waals surface area contributed by atoms with Crippen LogP contribution in [0.25, 0.3) is 32.7 Å².